The summed E-state index contributed by atoms with van der Waals surface area (Å²) in [6.07, 6.45) is 2.40. The Morgan fingerprint density at radius 1 is 1.07 bits per heavy atom. The number of aromatic nitrogens is 3. The molecule has 0 radical (unpaired) electrons. The normalized spacial score (nSPS) is 10.9. The van der Waals surface area contributed by atoms with Crippen LogP contribution in [0.4, 0.5) is 0 Å². The summed E-state index contributed by atoms with van der Waals surface area (Å²) in [6, 6.07) is 18.6. The Labute approximate surface area is 172 Å². The molecule has 0 saturated carbocycles. The Bertz CT molecular complexity index is 878. The third-order valence-corrected chi connectivity index (χ3v) is 5.77. The van der Waals surface area contributed by atoms with E-state index in [0.717, 1.165) is 46.2 Å². The molecule has 4 nitrogen and oxygen atoms in total. The van der Waals surface area contributed by atoms with Gasteiger partial charge in [0, 0.05) is 28.8 Å². The monoisotopic (exact) mass is 443 g/mol. The highest BCUT2D eigenvalue weighted by atomic mass is 79.9. The van der Waals surface area contributed by atoms with Crippen molar-refractivity contribution < 1.29 is 4.79 Å². The van der Waals surface area contributed by atoms with E-state index in [9.17, 15) is 4.79 Å². The fourth-order valence-corrected chi connectivity index (χ4v) is 3.95. The molecule has 0 amide bonds. The van der Waals surface area contributed by atoms with Gasteiger partial charge in [-0.2, -0.15) is 0 Å². The van der Waals surface area contributed by atoms with Crippen LogP contribution in [0.1, 0.15) is 25.3 Å². The van der Waals surface area contributed by atoms with Crippen molar-refractivity contribution in [1.29, 1.82) is 0 Å². The van der Waals surface area contributed by atoms with E-state index in [-0.39, 0.29) is 5.78 Å². The summed E-state index contributed by atoms with van der Waals surface area (Å²) in [7, 11) is 0. The summed E-state index contributed by atoms with van der Waals surface area (Å²) in [5.74, 6) is 1.98. The molecule has 0 N–H and O–H groups in total. The van der Waals surface area contributed by atoms with Crippen LogP contribution in [-0.2, 0) is 17.8 Å². The van der Waals surface area contributed by atoms with E-state index in [4.69, 9.17) is 0 Å². The van der Waals surface area contributed by atoms with Gasteiger partial charge in [0.15, 0.2) is 11.0 Å². The largest absolute Gasteiger partial charge is 0.302 e. The molecule has 3 aromatic rings. The first-order valence-electron chi connectivity index (χ1n) is 8.99. The number of hydrogen-bond donors (Lipinski definition) is 0. The highest BCUT2D eigenvalue weighted by Crippen LogP contribution is 2.26. The van der Waals surface area contributed by atoms with Crippen molar-refractivity contribution >= 4 is 33.5 Å². The highest BCUT2D eigenvalue weighted by molar-refractivity contribution is 9.10. The van der Waals surface area contributed by atoms with Crippen molar-refractivity contribution in [3.63, 3.8) is 0 Å². The maximum atomic E-state index is 11.2. The van der Waals surface area contributed by atoms with Crippen molar-refractivity contribution in [2.75, 3.05) is 5.75 Å². The lowest BCUT2D eigenvalue weighted by Gasteiger charge is -2.10. The zero-order chi connectivity index (χ0) is 19.1. The molecule has 0 atom stereocenters. The van der Waals surface area contributed by atoms with Crippen LogP contribution in [0.15, 0.2) is 64.2 Å². The average Bonchev–Trinajstić information content (AvgIpc) is 3.07. The zero-order valence-corrected chi connectivity index (χ0v) is 17.7. The van der Waals surface area contributed by atoms with E-state index in [1.54, 1.807) is 18.7 Å². The Morgan fingerprint density at radius 2 is 1.81 bits per heavy atom. The van der Waals surface area contributed by atoms with Gasteiger partial charge in [-0.05, 0) is 37.5 Å². The molecule has 6 heteroatoms. The summed E-state index contributed by atoms with van der Waals surface area (Å²) in [5.41, 5.74) is 2.34. The maximum absolute atomic E-state index is 11.2. The lowest BCUT2D eigenvalue weighted by atomic mass is 10.1. The first-order chi connectivity index (χ1) is 13.1. The summed E-state index contributed by atoms with van der Waals surface area (Å²) in [6.45, 7) is 2.45. The van der Waals surface area contributed by atoms with E-state index in [1.807, 2.05) is 18.2 Å². The molecule has 0 aliphatic carbocycles. The predicted octanol–water partition coefficient (Wildman–Crippen LogP) is 5.41. The number of halogens is 1. The molecular weight excluding hydrogens is 422 g/mol. The second-order valence-corrected chi connectivity index (χ2v) is 8.33. The van der Waals surface area contributed by atoms with Gasteiger partial charge in [-0.25, -0.2) is 0 Å². The second kappa shape index (κ2) is 9.85. The standard InChI is InChI=1S/C21H22BrN3OS/c1-16(26)6-5-15-27-21-24-23-20(18-9-11-19(22)12-10-18)25(21)14-13-17-7-3-2-4-8-17/h2-4,7-12H,5-6,13-15H2,1H3. The SMILES string of the molecule is CC(=O)CCCSc1nnc(-c2ccc(Br)cc2)n1CCc1ccccc1. The van der Waals surface area contributed by atoms with Gasteiger partial charge in [0.1, 0.15) is 5.78 Å². The molecule has 0 saturated heterocycles. The molecule has 27 heavy (non-hydrogen) atoms. The fourth-order valence-electron chi connectivity index (χ4n) is 2.78. The van der Waals surface area contributed by atoms with Gasteiger partial charge in [-0.3, -0.25) is 0 Å². The lowest BCUT2D eigenvalue weighted by Crippen LogP contribution is -2.06. The van der Waals surface area contributed by atoms with Crippen LogP contribution in [0.5, 0.6) is 0 Å². The molecule has 0 aliphatic heterocycles. The molecule has 3 rings (SSSR count). The van der Waals surface area contributed by atoms with Crippen LogP contribution >= 0.6 is 27.7 Å². The van der Waals surface area contributed by atoms with Crippen molar-refractivity contribution in [3.05, 3.63) is 64.6 Å². The molecule has 1 aromatic heterocycles. The number of benzene rings is 2. The van der Waals surface area contributed by atoms with Crippen LogP contribution in [-0.4, -0.2) is 26.3 Å². The molecule has 0 bridgehead atoms. The minimum Gasteiger partial charge on any atom is -0.302 e. The Morgan fingerprint density at radius 3 is 2.52 bits per heavy atom. The number of Topliss-reactive ketones (excluding diaryl/α,β-unsaturated/α-hetero) is 1. The summed E-state index contributed by atoms with van der Waals surface area (Å²) in [4.78, 5) is 11.2. The summed E-state index contributed by atoms with van der Waals surface area (Å²) in [5, 5.41) is 9.78. The predicted molar refractivity (Wildman–Crippen MR) is 114 cm³/mol. The van der Waals surface area contributed by atoms with Crippen molar-refractivity contribution in [3.8, 4) is 11.4 Å². The van der Waals surface area contributed by atoms with Gasteiger partial charge in [-0.15, -0.1) is 10.2 Å². The number of ketones is 1. The van der Waals surface area contributed by atoms with E-state index in [1.165, 1.54) is 5.56 Å². The minimum absolute atomic E-state index is 0.233. The molecule has 0 fully saturated rings. The second-order valence-electron chi connectivity index (χ2n) is 6.35. The number of hydrogen-bond acceptors (Lipinski definition) is 4. The number of carbonyl (C=O) groups excluding carboxylic acids is 1. The molecule has 0 aliphatic rings. The Kier molecular flexibility index (Phi) is 7.24. The number of thioether (sulfide) groups is 1. The van der Waals surface area contributed by atoms with Crippen LogP contribution in [0, 0.1) is 0 Å². The minimum atomic E-state index is 0.233. The summed E-state index contributed by atoms with van der Waals surface area (Å²) < 4.78 is 3.23. The third-order valence-electron chi connectivity index (χ3n) is 4.19. The fraction of sp³-hybridized carbons (Fsp3) is 0.286. The van der Waals surface area contributed by atoms with Crippen molar-refractivity contribution in [2.24, 2.45) is 0 Å². The van der Waals surface area contributed by atoms with Crippen molar-refractivity contribution in [2.45, 2.75) is 37.9 Å². The quantitative estimate of drug-likeness (QED) is 0.327. The number of rotatable bonds is 9. The number of nitrogens with zero attached hydrogens (tertiary/aromatic N) is 3. The van der Waals surface area contributed by atoms with Crippen LogP contribution < -0.4 is 0 Å². The molecule has 0 unspecified atom stereocenters. The van der Waals surface area contributed by atoms with Gasteiger partial charge in [0.05, 0.1) is 0 Å². The first-order valence-corrected chi connectivity index (χ1v) is 10.8. The molecule has 2 aromatic carbocycles. The first kappa shape index (κ1) is 19.8. The van der Waals surface area contributed by atoms with E-state index < -0.39 is 0 Å². The molecule has 1 heterocycles. The van der Waals surface area contributed by atoms with E-state index in [0.29, 0.717) is 6.42 Å². The van der Waals surface area contributed by atoms with Gasteiger partial charge in [0.25, 0.3) is 0 Å². The smallest absolute Gasteiger partial charge is 0.191 e. The maximum Gasteiger partial charge on any atom is 0.191 e. The summed E-state index contributed by atoms with van der Waals surface area (Å²) >= 11 is 5.15. The molecular formula is C21H22BrN3OS. The average molecular weight is 444 g/mol. The highest BCUT2D eigenvalue weighted by Gasteiger charge is 2.14. The van der Waals surface area contributed by atoms with Crippen LogP contribution in [0.25, 0.3) is 11.4 Å². The van der Waals surface area contributed by atoms with Gasteiger partial charge >= 0.3 is 0 Å². The van der Waals surface area contributed by atoms with Crippen molar-refractivity contribution in [1.82, 2.24) is 14.8 Å². The zero-order valence-electron chi connectivity index (χ0n) is 15.3. The topological polar surface area (TPSA) is 47.8 Å². The molecule has 0 spiro atoms. The Balaban J connectivity index is 1.79. The molecule has 140 valence electrons. The Hall–Kier alpha value is -1.92. The lowest BCUT2D eigenvalue weighted by molar-refractivity contribution is -0.117. The van der Waals surface area contributed by atoms with E-state index in [2.05, 4.69) is 67.1 Å². The third kappa shape index (κ3) is 5.78. The van der Waals surface area contributed by atoms with Gasteiger partial charge in [-0.1, -0.05) is 70.2 Å². The van der Waals surface area contributed by atoms with E-state index >= 15 is 0 Å². The number of aryl methyl sites for hydroxylation is 1. The van der Waals surface area contributed by atoms with Gasteiger partial charge in [0.2, 0.25) is 0 Å². The number of carbonyl (C=O) groups is 1. The van der Waals surface area contributed by atoms with Gasteiger partial charge < -0.3 is 9.36 Å². The van der Waals surface area contributed by atoms with Crippen LogP contribution in [0.2, 0.25) is 0 Å². The van der Waals surface area contributed by atoms with Crippen LogP contribution in [0.3, 0.4) is 0 Å².